The molecule has 8 nitrogen and oxygen atoms in total. The Hall–Kier alpha value is -1.67. The van der Waals surface area contributed by atoms with Crippen LogP contribution in [-0.2, 0) is 0 Å². The van der Waals surface area contributed by atoms with Crippen LogP contribution in [0.4, 0.5) is 17.8 Å². The zero-order valence-corrected chi connectivity index (χ0v) is 12.8. The fourth-order valence-corrected chi connectivity index (χ4v) is 2.44. The third-order valence-corrected chi connectivity index (χ3v) is 3.57. The molecule has 2 rings (SSSR count). The Morgan fingerprint density at radius 3 is 2.57 bits per heavy atom. The van der Waals surface area contributed by atoms with Gasteiger partial charge in [-0.1, -0.05) is 0 Å². The van der Waals surface area contributed by atoms with Crippen LogP contribution >= 0.6 is 0 Å². The van der Waals surface area contributed by atoms with Crippen LogP contribution < -0.4 is 21.1 Å². The number of hydrazine groups is 1. The first-order chi connectivity index (χ1) is 10.2. The van der Waals surface area contributed by atoms with Gasteiger partial charge < -0.3 is 14.9 Å². The van der Waals surface area contributed by atoms with Crippen LogP contribution in [0.1, 0.15) is 33.1 Å². The fraction of sp³-hybridized carbons (Fsp3) is 0.769. The Labute approximate surface area is 125 Å². The summed E-state index contributed by atoms with van der Waals surface area (Å²) in [5.41, 5.74) is 2.52. The van der Waals surface area contributed by atoms with E-state index in [2.05, 4.69) is 44.0 Å². The summed E-state index contributed by atoms with van der Waals surface area (Å²) in [5.74, 6) is 7.12. The molecule has 1 aliphatic rings. The first kappa shape index (κ1) is 15.7. The Bertz CT molecular complexity index is 448. The van der Waals surface area contributed by atoms with Gasteiger partial charge in [0.1, 0.15) is 0 Å². The minimum atomic E-state index is 0.148. The Balaban J connectivity index is 2.29. The number of aliphatic hydroxyl groups excluding tert-OH is 1. The van der Waals surface area contributed by atoms with Crippen molar-refractivity contribution < 1.29 is 5.11 Å². The second-order valence-electron chi connectivity index (χ2n) is 5.46. The van der Waals surface area contributed by atoms with Crippen molar-refractivity contribution in [2.24, 2.45) is 5.84 Å². The second-order valence-corrected chi connectivity index (χ2v) is 5.46. The second kappa shape index (κ2) is 7.37. The summed E-state index contributed by atoms with van der Waals surface area (Å²) >= 11 is 0. The zero-order chi connectivity index (χ0) is 15.2. The topological polar surface area (TPSA) is 103 Å². The SMILES string of the molecule is CC(C)N(CCCO)c1nc(NN)nc(N2CCCC2)n1. The maximum Gasteiger partial charge on any atom is 0.243 e. The van der Waals surface area contributed by atoms with Crippen LogP contribution in [0, 0.1) is 0 Å². The lowest BCUT2D eigenvalue weighted by atomic mass is 10.3. The molecule has 0 spiro atoms. The van der Waals surface area contributed by atoms with E-state index in [4.69, 9.17) is 10.9 Å². The number of rotatable bonds is 7. The van der Waals surface area contributed by atoms with Crippen molar-refractivity contribution in [1.29, 1.82) is 0 Å². The number of nitrogen functional groups attached to an aromatic ring is 1. The van der Waals surface area contributed by atoms with E-state index in [1.54, 1.807) is 0 Å². The normalized spacial score (nSPS) is 14.8. The van der Waals surface area contributed by atoms with Crippen molar-refractivity contribution in [3.8, 4) is 0 Å². The van der Waals surface area contributed by atoms with Gasteiger partial charge in [0.2, 0.25) is 17.8 Å². The summed E-state index contributed by atoms with van der Waals surface area (Å²) in [7, 11) is 0. The van der Waals surface area contributed by atoms with Crippen molar-refractivity contribution >= 4 is 17.8 Å². The van der Waals surface area contributed by atoms with Gasteiger partial charge in [-0.15, -0.1) is 0 Å². The molecule has 1 fully saturated rings. The molecule has 0 radical (unpaired) electrons. The predicted molar refractivity (Wildman–Crippen MR) is 83.3 cm³/mol. The molecule has 21 heavy (non-hydrogen) atoms. The molecule has 0 saturated carbocycles. The molecule has 0 aromatic carbocycles. The van der Waals surface area contributed by atoms with E-state index in [0.29, 0.717) is 30.8 Å². The lowest BCUT2D eigenvalue weighted by molar-refractivity contribution is 0.288. The van der Waals surface area contributed by atoms with Gasteiger partial charge in [0.25, 0.3) is 0 Å². The molecule has 1 aromatic rings. The maximum absolute atomic E-state index is 9.05. The summed E-state index contributed by atoms with van der Waals surface area (Å²) in [6.07, 6.45) is 2.99. The van der Waals surface area contributed by atoms with Crippen molar-refractivity contribution in [3.63, 3.8) is 0 Å². The molecule has 4 N–H and O–H groups in total. The van der Waals surface area contributed by atoms with Gasteiger partial charge in [-0.2, -0.15) is 15.0 Å². The quantitative estimate of drug-likeness (QED) is 0.489. The minimum Gasteiger partial charge on any atom is -0.396 e. The van der Waals surface area contributed by atoms with Crippen LogP contribution in [-0.4, -0.2) is 52.3 Å². The number of nitrogens with one attached hydrogen (secondary N) is 1. The van der Waals surface area contributed by atoms with Gasteiger partial charge in [0.05, 0.1) is 0 Å². The number of hydrogen-bond acceptors (Lipinski definition) is 8. The summed E-state index contributed by atoms with van der Waals surface area (Å²) < 4.78 is 0. The molecule has 1 aromatic heterocycles. The number of nitrogens with zero attached hydrogens (tertiary/aromatic N) is 5. The van der Waals surface area contributed by atoms with Crippen LogP contribution in [0.5, 0.6) is 0 Å². The van der Waals surface area contributed by atoms with E-state index < -0.39 is 0 Å². The third kappa shape index (κ3) is 3.92. The third-order valence-electron chi connectivity index (χ3n) is 3.57. The van der Waals surface area contributed by atoms with Crippen molar-refractivity contribution in [2.45, 2.75) is 39.2 Å². The van der Waals surface area contributed by atoms with Gasteiger partial charge in [-0.25, -0.2) is 5.84 Å². The first-order valence-electron chi connectivity index (χ1n) is 7.51. The highest BCUT2D eigenvalue weighted by Crippen LogP contribution is 2.21. The highest BCUT2D eigenvalue weighted by Gasteiger charge is 2.20. The smallest absolute Gasteiger partial charge is 0.243 e. The van der Waals surface area contributed by atoms with Crippen LogP contribution in [0.25, 0.3) is 0 Å². The average molecular weight is 295 g/mol. The molecule has 0 bridgehead atoms. The summed E-state index contributed by atoms with van der Waals surface area (Å²) in [6.45, 7) is 6.92. The van der Waals surface area contributed by atoms with Crippen LogP contribution in [0.2, 0.25) is 0 Å². The zero-order valence-electron chi connectivity index (χ0n) is 12.8. The number of hydrogen-bond donors (Lipinski definition) is 3. The molecule has 1 saturated heterocycles. The summed E-state index contributed by atoms with van der Waals surface area (Å²) in [4.78, 5) is 17.5. The lowest BCUT2D eigenvalue weighted by Gasteiger charge is -2.27. The number of aliphatic hydroxyl groups is 1. The summed E-state index contributed by atoms with van der Waals surface area (Å²) in [5, 5.41) is 9.05. The average Bonchev–Trinajstić information content (AvgIpc) is 3.01. The minimum absolute atomic E-state index is 0.148. The van der Waals surface area contributed by atoms with Gasteiger partial charge >= 0.3 is 0 Å². The highest BCUT2D eigenvalue weighted by molar-refractivity contribution is 5.45. The Morgan fingerprint density at radius 2 is 2.00 bits per heavy atom. The lowest BCUT2D eigenvalue weighted by Crippen LogP contribution is -2.35. The largest absolute Gasteiger partial charge is 0.396 e. The fourth-order valence-electron chi connectivity index (χ4n) is 2.44. The molecule has 118 valence electrons. The highest BCUT2D eigenvalue weighted by atomic mass is 16.3. The van der Waals surface area contributed by atoms with E-state index in [0.717, 1.165) is 25.9 Å². The van der Waals surface area contributed by atoms with Crippen molar-refractivity contribution in [3.05, 3.63) is 0 Å². The molecule has 0 unspecified atom stereocenters. The molecule has 2 heterocycles. The summed E-state index contributed by atoms with van der Waals surface area (Å²) in [6, 6.07) is 0.232. The van der Waals surface area contributed by atoms with Gasteiger partial charge in [-0.05, 0) is 33.1 Å². The number of aromatic nitrogens is 3. The molecule has 0 amide bonds. The predicted octanol–water partition coefficient (Wildman–Crippen LogP) is 0.355. The Kier molecular flexibility index (Phi) is 5.51. The maximum atomic E-state index is 9.05. The molecular weight excluding hydrogens is 270 g/mol. The van der Waals surface area contributed by atoms with E-state index in [9.17, 15) is 0 Å². The molecule has 0 atom stereocenters. The standard InChI is InChI=1S/C13H25N7O/c1-10(2)20(8-5-9-21)13-16-11(18-14)15-12(17-13)19-6-3-4-7-19/h10,21H,3-9,14H2,1-2H3,(H,15,16,17,18). The number of nitrogens with two attached hydrogens (primary N) is 1. The van der Waals surface area contributed by atoms with Crippen LogP contribution in [0.3, 0.4) is 0 Å². The molecule has 0 aliphatic carbocycles. The molecule has 8 heteroatoms. The van der Waals surface area contributed by atoms with E-state index in [1.807, 2.05) is 0 Å². The molecular formula is C13H25N7O. The van der Waals surface area contributed by atoms with E-state index in [1.165, 1.54) is 0 Å². The Morgan fingerprint density at radius 1 is 1.29 bits per heavy atom. The molecule has 1 aliphatic heterocycles. The number of anilines is 3. The monoisotopic (exact) mass is 295 g/mol. The first-order valence-corrected chi connectivity index (χ1v) is 7.51. The van der Waals surface area contributed by atoms with Gasteiger partial charge in [0, 0.05) is 32.3 Å². The van der Waals surface area contributed by atoms with E-state index >= 15 is 0 Å². The van der Waals surface area contributed by atoms with Crippen molar-refractivity contribution in [2.75, 3.05) is 41.5 Å². The van der Waals surface area contributed by atoms with E-state index in [-0.39, 0.29) is 12.6 Å². The van der Waals surface area contributed by atoms with Gasteiger partial charge in [-0.3, -0.25) is 5.43 Å². The van der Waals surface area contributed by atoms with Gasteiger partial charge in [0.15, 0.2) is 0 Å². The van der Waals surface area contributed by atoms with Crippen molar-refractivity contribution in [1.82, 2.24) is 15.0 Å². The van der Waals surface area contributed by atoms with Crippen LogP contribution in [0.15, 0.2) is 0 Å².